The Morgan fingerprint density at radius 2 is 1.71 bits per heavy atom. The molecule has 3 aromatic rings. The highest BCUT2D eigenvalue weighted by Gasteiger charge is 2.35. The van der Waals surface area contributed by atoms with Gasteiger partial charge in [0.05, 0.1) is 18.9 Å². The van der Waals surface area contributed by atoms with Gasteiger partial charge in [-0.05, 0) is 48.6 Å². The number of carbonyl (C=O) groups is 4. The minimum Gasteiger partial charge on any atom is -0.494 e. The normalized spacial score (nSPS) is 11.3. The molecule has 1 heterocycles. The number of benzene rings is 2. The van der Waals surface area contributed by atoms with Crippen LogP contribution < -0.4 is 21.5 Å². The van der Waals surface area contributed by atoms with E-state index in [9.17, 15) is 19.2 Å². The lowest BCUT2D eigenvalue weighted by atomic mass is 10.0. The van der Waals surface area contributed by atoms with Crippen LogP contribution in [0.2, 0.25) is 0 Å². The summed E-state index contributed by atoms with van der Waals surface area (Å²) in [5.41, 5.74) is 12.2. The van der Waals surface area contributed by atoms with Crippen molar-refractivity contribution < 1.29 is 28.7 Å². The van der Waals surface area contributed by atoms with Crippen LogP contribution in [0.4, 0.5) is 5.69 Å². The molecule has 0 aliphatic heterocycles. The van der Waals surface area contributed by atoms with Gasteiger partial charge in [0.15, 0.2) is 5.69 Å². The molecule has 0 spiro atoms. The average Bonchev–Trinajstić information content (AvgIpc) is 3.30. The number of hydrogen-bond acceptors (Lipinski definition) is 9. The molecule has 5 N–H and O–H groups in total. The largest absolute Gasteiger partial charge is 0.494 e. The highest BCUT2D eigenvalue weighted by atomic mass is 32.1. The summed E-state index contributed by atoms with van der Waals surface area (Å²) in [7, 11) is 0. The second-order valence-corrected chi connectivity index (χ2v) is 8.76. The van der Waals surface area contributed by atoms with Crippen LogP contribution in [0.1, 0.15) is 51.2 Å². The highest BCUT2D eigenvalue weighted by molar-refractivity contribution is 7.09. The molecule has 12 heteroatoms. The zero-order valence-electron chi connectivity index (χ0n) is 21.0. The fraction of sp³-hybridized carbons (Fsp3) is 0.269. The number of nitrogens with two attached hydrogens (primary N) is 2. The molecule has 0 radical (unpaired) electrons. The van der Waals surface area contributed by atoms with Crippen LogP contribution in [-0.2, 0) is 20.9 Å². The molecule has 0 saturated carbocycles. The zero-order chi connectivity index (χ0) is 27.7. The number of anilines is 1. The van der Waals surface area contributed by atoms with Gasteiger partial charge >= 0.3 is 5.97 Å². The van der Waals surface area contributed by atoms with Gasteiger partial charge in [0.2, 0.25) is 5.91 Å². The fourth-order valence-electron chi connectivity index (χ4n) is 3.67. The van der Waals surface area contributed by atoms with E-state index in [2.05, 4.69) is 9.69 Å². The van der Waals surface area contributed by atoms with Gasteiger partial charge in [-0.15, -0.1) is 0 Å². The van der Waals surface area contributed by atoms with E-state index in [1.807, 2.05) is 13.0 Å². The van der Waals surface area contributed by atoms with Crippen molar-refractivity contribution in [2.75, 3.05) is 25.5 Å². The van der Waals surface area contributed by atoms with E-state index in [-0.39, 0.29) is 36.0 Å². The standard InChI is InChI=1S/C26H29N5O6S/c1-3-36-18-12-10-17(11-13-18)22(25(34)29-14-19(32)37-4-2)31(15-16-8-6-5-7-9-16)26(35)23-20(27)21(24(28)33)30-38-23/h5-13,22H,3-4,14-15,27H2,1-2H3,(H2,28,33)(H,29,34)/t22-/m0/s1. The van der Waals surface area contributed by atoms with Crippen LogP contribution in [0.25, 0.3) is 0 Å². The molecule has 1 aromatic heterocycles. The average molecular weight is 540 g/mol. The molecule has 1 atom stereocenters. The Hall–Kier alpha value is -4.45. The van der Waals surface area contributed by atoms with Crippen LogP contribution in [0.15, 0.2) is 54.6 Å². The monoisotopic (exact) mass is 539 g/mol. The van der Waals surface area contributed by atoms with Crippen molar-refractivity contribution in [3.8, 4) is 5.75 Å². The van der Waals surface area contributed by atoms with Crippen molar-refractivity contribution in [3.05, 3.63) is 76.3 Å². The first-order valence-electron chi connectivity index (χ1n) is 11.8. The minimum atomic E-state index is -1.19. The maximum Gasteiger partial charge on any atom is 0.325 e. The summed E-state index contributed by atoms with van der Waals surface area (Å²) in [5.74, 6) is -2.17. The third-order valence-electron chi connectivity index (χ3n) is 5.39. The molecule has 0 unspecified atom stereocenters. The van der Waals surface area contributed by atoms with Gasteiger partial charge in [-0.2, -0.15) is 4.37 Å². The Bertz CT molecular complexity index is 1280. The lowest BCUT2D eigenvalue weighted by Crippen LogP contribution is -2.44. The maximum atomic E-state index is 13.9. The van der Waals surface area contributed by atoms with E-state index in [0.717, 1.165) is 5.56 Å². The molecular formula is C26H29N5O6S. The van der Waals surface area contributed by atoms with Crippen molar-refractivity contribution >= 4 is 40.9 Å². The molecule has 3 rings (SSSR count). The van der Waals surface area contributed by atoms with E-state index in [1.165, 1.54) is 4.90 Å². The molecule has 2 aromatic carbocycles. The molecule has 3 amide bonds. The predicted octanol–water partition coefficient (Wildman–Crippen LogP) is 2.29. The van der Waals surface area contributed by atoms with Crippen LogP contribution in [0.5, 0.6) is 5.75 Å². The number of nitrogens with zero attached hydrogens (tertiary/aromatic N) is 2. The second-order valence-electron chi connectivity index (χ2n) is 7.98. The van der Waals surface area contributed by atoms with Crippen LogP contribution in [0.3, 0.4) is 0 Å². The number of hydrogen-bond donors (Lipinski definition) is 3. The van der Waals surface area contributed by atoms with Gasteiger partial charge < -0.3 is 31.2 Å². The highest BCUT2D eigenvalue weighted by Crippen LogP contribution is 2.31. The first-order valence-corrected chi connectivity index (χ1v) is 12.6. The predicted molar refractivity (Wildman–Crippen MR) is 141 cm³/mol. The third kappa shape index (κ3) is 6.85. The number of primary amides is 1. The van der Waals surface area contributed by atoms with Gasteiger partial charge in [-0.1, -0.05) is 42.5 Å². The number of nitrogen functional groups attached to an aromatic ring is 1. The molecule has 0 aliphatic carbocycles. The number of carbonyl (C=O) groups excluding carboxylic acids is 4. The van der Waals surface area contributed by atoms with E-state index < -0.39 is 29.7 Å². The molecule has 0 fully saturated rings. The summed E-state index contributed by atoms with van der Waals surface area (Å²) >= 11 is 0.717. The molecular weight excluding hydrogens is 510 g/mol. The Labute approximate surface area is 223 Å². The van der Waals surface area contributed by atoms with Crippen molar-refractivity contribution in [1.82, 2.24) is 14.6 Å². The Morgan fingerprint density at radius 3 is 2.29 bits per heavy atom. The molecule has 0 aliphatic rings. The van der Waals surface area contributed by atoms with Gasteiger partial charge in [0.1, 0.15) is 23.2 Å². The molecule has 38 heavy (non-hydrogen) atoms. The number of ether oxygens (including phenoxy) is 2. The van der Waals surface area contributed by atoms with Crippen LogP contribution >= 0.6 is 11.5 Å². The number of nitrogens with one attached hydrogen (secondary N) is 1. The summed E-state index contributed by atoms with van der Waals surface area (Å²) in [6.07, 6.45) is 0. The van der Waals surface area contributed by atoms with Crippen molar-refractivity contribution in [2.45, 2.75) is 26.4 Å². The van der Waals surface area contributed by atoms with Gasteiger partial charge in [0.25, 0.3) is 11.8 Å². The quantitative estimate of drug-likeness (QED) is 0.295. The Balaban J connectivity index is 2.08. The first kappa shape index (κ1) is 28.1. The molecule has 11 nitrogen and oxygen atoms in total. The summed E-state index contributed by atoms with van der Waals surface area (Å²) < 4.78 is 14.4. The summed E-state index contributed by atoms with van der Waals surface area (Å²) in [4.78, 5) is 52.4. The lowest BCUT2D eigenvalue weighted by Gasteiger charge is -2.31. The van der Waals surface area contributed by atoms with Gasteiger partial charge in [-0.25, -0.2) is 0 Å². The van der Waals surface area contributed by atoms with E-state index >= 15 is 0 Å². The number of esters is 1. The van der Waals surface area contributed by atoms with E-state index in [4.69, 9.17) is 20.9 Å². The topological polar surface area (TPSA) is 167 Å². The summed E-state index contributed by atoms with van der Waals surface area (Å²) in [6.45, 7) is 3.73. The third-order valence-corrected chi connectivity index (χ3v) is 6.24. The molecule has 200 valence electrons. The Morgan fingerprint density at radius 1 is 1.03 bits per heavy atom. The van der Waals surface area contributed by atoms with Crippen molar-refractivity contribution in [3.63, 3.8) is 0 Å². The first-order chi connectivity index (χ1) is 18.3. The molecule has 0 bridgehead atoms. The lowest BCUT2D eigenvalue weighted by molar-refractivity contribution is -0.143. The van der Waals surface area contributed by atoms with Gasteiger partial charge in [-0.3, -0.25) is 19.2 Å². The van der Waals surface area contributed by atoms with E-state index in [0.29, 0.717) is 29.5 Å². The molecule has 0 saturated heterocycles. The second kappa shape index (κ2) is 13.2. The van der Waals surface area contributed by atoms with Gasteiger partial charge in [0, 0.05) is 6.54 Å². The van der Waals surface area contributed by atoms with Crippen molar-refractivity contribution in [2.24, 2.45) is 5.73 Å². The Kier molecular flexibility index (Phi) is 9.77. The van der Waals surface area contributed by atoms with E-state index in [1.54, 1.807) is 55.5 Å². The van der Waals surface area contributed by atoms with Crippen LogP contribution in [0, 0.1) is 0 Å². The van der Waals surface area contributed by atoms with Crippen molar-refractivity contribution in [1.29, 1.82) is 0 Å². The minimum absolute atomic E-state index is 0.00756. The number of rotatable bonds is 12. The summed E-state index contributed by atoms with van der Waals surface area (Å²) in [6, 6.07) is 14.5. The zero-order valence-corrected chi connectivity index (χ0v) is 21.8. The number of amides is 3. The maximum absolute atomic E-state index is 13.9. The van der Waals surface area contributed by atoms with Crippen LogP contribution in [-0.4, -0.2) is 52.7 Å². The SMILES string of the molecule is CCOC(=O)CNC(=O)[C@H](c1ccc(OCC)cc1)N(Cc1ccccc1)C(=O)c1snc(C(N)=O)c1N. The number of aromatic nitrogens is 1. The summed E-state index contributed by atoms with van der Waals surface area (Å²) in [5, 5.41) is 2.56. The smallest absolute Gasteiger partial charge is 0.325 e. The fourth-order valence-corrected chi connectivity index (χ4v) is 4.44.